The fourth-order valence-corrected chi connectivity index (χ4v) is 5.11. The van der Waals surface area contributed by atoms with Crippen LogP contribution < -0.4 is 5.32 Å². The lowest BCUT2D eigenvalue weighted by atomic mass is 9.93. The highest BCUT2D eigenvalue weighted by molar-refractivity contribution is 8.01. The van der Waals surface area contributed by atoms with E-state index in [0.29, 0.717) is 11.5 Å². The molecule has 2 rings (SSSR count). The lowest BCUT2D eigenvalue weighted by Crippen LogP contribution is -2.70. The number of rotatable bonds is 6. The third-order valence-electron chi connectivity index (χ3n) is 3.61. The second kappa shape index (κ2) is 6.04. The second-order valence-electron chi connectivity index (χ2n) is 5.72. The summed E-state index contributed by atoms with van der Waals surface area (Å²) in [6.45, 7) is 9.04. The second-order valence-corrected chi connectivity index (χ2v) is 8.52. The monoisotopic (exact) mass is 328 g/mol. The molecule has 0 saturated carbocycles. The summed E-state index contributed by atoms with van der Waals surface area (Å²) in [6.07, 6.45) is 1.74. The molecule has 0 aromatic carbocycles. The maximum Gasteiger partial charge on any atom is 0.249 e. The smallest absolute Gasteiger partial charge is 0.249 e. The first kappa shape index (κ1) is 16.4. The number of fused-ring (bicyclic) bond motifs is 1. The van der Waals surface area contributed by atoms with Gasteiger partial charge in [-0.15, -0.1) is 30.1 Å². The van der Waals surface area contributed by atoms with Crippen LogP contribution in [-0.4, -0.2) is 56.2 Å². The van der Waals surface area contributed by atoms with Gasteiger partial charge >= 0.3 is 0 Å². The lowest BCUT2D eigenvalue weighted by Gasteiger charge is -2.44. The fourth-order valence-electron chi connectivity index (χ4n) is 2.86. The van der Waals surface area contributed by atoms with Gasteiger partial charge in [-0.2, -0.15) is 0 Å². The average Bonchev–Trinajstić information content (AvgIpc) is 2.65. The Labute approximate surface area is 133 Å². The van der Waals surface area contributed by atoms with E-state index >= 15 is 0 Å². The fraction of sp³-hybridized carbons (Fsp3) is 0.643. The number of thioether (sulfide) groups is 2. The normalized spacial score (nSPS) is 29.6. The number of carbonyl (C=O) groups is 3. The Morgan fingerprint density at radius 2 is 2.19 bits per heavy atom. The topological polar surface area (TPSA) is 66.5 Å². The summed E-state index contributed by atoms with van der Waals surface area (Å²) >= 11 is 3.04. The molecule has 116 valence electrons. The van der Waals surface area contributed by atoms with E-state index in [0.717, 1.165) is 0 Å². The Morgan fingerprint density at radius 3 is 2.76 bits per heavy atom. The van der Waals surface area contributed by atoms with Crippen LogP contribution in [0.2, 0.25) is 0 Å². The molecule has 5 nitrogen and oxygen atoms in total. The number of nitrogens with zero attached hydrogens (tertiary/aromatic N) is 1. The van der Waals surface area contributed by atoms with Crippen molar-refractivity contribution in [2.75, 3.05) is 11.5 Å². The zero-order valence-corrected chi connectivity index (χ0v) is 14.1. The van der Waals surface area contributed by atoms with Crippen LogP contribution in [0.15, 0.2) is 12.7 Å². The predicted octanol–water partition coefficient (Wildman–Crippen LogP) is 1.04. The number of ketones is 1. The van der Waals surface area contributed by atoms with Crippen LogP contribution in [0.25, 0.3) is 0 Å². The molecule has 2 aliphatic rings. The molecule has 1 N–H and O–H groups in total. The van der Waals surface area contributed by atoms with Gasteiger partial charge in [-0.25, -0.2) is 0 Å². The summed E-state index contributed by atoms with van der Waals surface area (Å²) in [4.78, 5) is 37.5. The molecule has 3 unspecified atom stereocenters. The average molecular weight is 328 g/mol. The van der Waals surface area contributed by atoms with Crippen LogP contribution >= 0.6 is 23.5 Å². The first-order chi connectivity index (χ1) is 9.79. The van der Waals surface area contributed by atoms with Crippen molar-refractivity contribution < 1.29 is 14.4 Å². The molecule has 0 spiro atoms. The van der Waals surface area contributed by atoms with E-state index < -0.39 is 12.1 Å². The zero-order chi connectivity index (χ0) is 15.8. The van der Waals surface area contributed by atoms with Crippen LogP contribution in [0.1, 0.15) is 20.8 Å². The Morgan fingerprint density at radius 1 is 1.52 bits per heavy atom. The summed E-state index contributed by atoms with van der Waals surface area (Å²) in [5.74, 6) is 0.710. The molecule has 0 aliphatic carbocycles. The Hall–Kier alpha value is -0.950. The quantitative estimate of drug-likeness (QED) is 0.448. The van der Waals surface area contributed by atoms with Gasteiger partial charge in [0.2, 0.25) is 11.8 Å². The molecule has 2 amide bonds. The van der Waals surface area contributed by atoms with Crippen molar-refractivity contribution in [1.29, 1.82) is 0 Å². The van der Waals surface area contributed by atoms with E-state index in [4.69, 9.17) is 0 Å². The van der Waals surface area contributed by atoms with Crippen molar-refractivity contribution in [1.82, 2.24) is 10.2 Å². The molecular formula is C14H20N2O3S2. The Bertz CT molecular complexity index is 493. The number of nitrogens with one attached hydrogen (secondary N) is 1. The molecular weight excluding hydrogens is 308 g/mol. The first-order valence-electron chi connectivity index (χ1n) is 6.78. The van der Waals surface area contributed by atoms with Gasteiger partial charge in [0.15, 0.2) is 5.78 Å². The SMILES string of the molecule is C=CCSCC(=O)NC1C(=O)N2C1SC(C)(C)C2C(C)=O. The van der Waals surface area contributed by atoms with E-state index in [9.17, 15) is 14.4 Å². The molecule has 0 bridgehead atoms. The number of carbonyl (C=O) groups excluding carboxylic acids is 3. The highest BCUT2D eigenvalue weighted by atomic mass is 32.2. The van der Waals surface area contributed by atoms with Crippen molar-refractivity contribution in [3.05, 3.63) is 12.7 Å². The molecule has 0 aromatic rings. The number of Topliss-reactive ketones (excluding diaryl/α,β-unsaturated/α-hetero) is 1. The van der Waals surface area contributed by atoms with Crippen molar-refractivity contribution in [2.45, 2.75) is 43.0 Å². The summed E-state index contributed by atoms with van der Waals surface area (Å²) in [5.41, 5.74) is 0. The van der Waals surface area contributed by atoms with E-state index in [1.165, 1.54) is 18.7 Å². The predicted molar refractivity (Wildman–Crippen MR) is 86.2 cm³/mol. The number of β-lactam (4-membered cyclic amide) rings is 1. The van der Waals surface area contributed by atoms with Crippen molar-refractivity contribution in [2.24, 2.45) is 0 Å². The van der Waals surface area contributed by atoms with Crippen LogP contribution in [0.5, 0.6) is 0 Å². The maximum absolute atomic E-state index is 12.2. The van der Waals surface area contributed by atoms with Gasteiger partial charge in [-0.1, -0.05) is 6.08 Å². The third kappa shape index (κ3) is 2.99. The minimum Gasteiger partial charge on any atom is -0.341 e. The third-order valence-corrected chi connectivity index (χ3v) is 6.12. The molecule has 2 aliphatic heterocycles. The van der Waals surface area contributed by atoms with Gasteiger partial charge < -0.3 is 10.2 Å². The molecule has 2 fully saturated rings. The van der Waals surface area contributed by atoms with Gasteiger partial charge in [0, 0.05) is 10.5 Å². The van der Waals surface area contributed by atoms with Crippen molar-refractivity contribution in [3.8, 4) is 0 Å². The van der Waals surface area contributed by atoms with Gasteiger partial charge in [0.25, 0.3) is 0 Å². The molecule has 7 heteroatoms. The largest absolute Gasteiger partial charge is 0.341 e. The molecule has 3 atom stereocenters. The number of hydrogen-bond donors (Lipinski definition) is 1. The molecule has 2 saturated heterocycles. The van der Waals surface area contributed by atoms with Crippen LogP contribution in [0.4, 0.5) is 0 Å². The highest BCUT2D eigenvalue weighted by Crippen LogP contribution is 2.50. The summed E-state index contributed by atoms with van der Waals surface area (Å²) in [6, 6.07) is -0.904. The highest BCUT2D eigenvalue weighted by Gasteiger charge is 2.62. The van der Waals surface area contributed by atoms with Crippen molar-refractivity contribution >= 4 is 41.1 Å². The van der Waals surface area contributed by atoms with Gasteiger partial charge in [0.05, 0.1) is 5.75 Å². The van der Waals surface area contributed by atoms with Crippen molar-refractivity contribution in [3.63, 3.8) is 0 Å². The lowest BCUT2D eigenvalue weighted by molar-refractivity contribution is -0.154. The van der Waals surface area contributed by atoms with Crippen LogP contribution in [0.3, 0.4) is 0 Å². The Kier molecular flexibility index (Phi) is 4.72. The summed E-state index contributed by atoms with van der Waals surface area (Å²) in [5, 5.41) is 2.65. The molecule has 0 aromatic heterocycles. The van der Waals surface area contributed by atoms with Gasteiger partial charge in [-0.3, -0.25) is 14.4 Å². The first-order valence-corrected chi connectivity index (χ1v) is 8.81. The van der Waals surface area contributed by atoms with E-state index in [1.54, 1.807) is 22.7 Å². The van der Waals surface area contributed by atoms with Gasteiger partial charge in [0.1, 0.15) is 17.5 Å². The molecule has 21 heavy (non-hydrogen) atoms. The van der Waals surface area contributed by atoms with Gasteiger partial charge in [-0.05, 0) is 20.8 Å². The molecule has 0 radical (unpaired) electrons. The summed E-state index contributed by atoms with van der Waals surface area (Å²) in [7, 11) is 0. The van der Waals surface area contributed by atoms with E-state index in [-0.39, 0.29) is 27.7 Å². The van der Waals surface area contributed by atoms with E-state index in [1.807, 2.05) is 13.8 Å². The Balaban J connectivity index is 1.98. The van der Waals surface area contributed by atoms with Crippen LogP contribution in [-0.2, 0) is 14.4 Å². The number of hydrogen-bond acceptors (Lipinski definition) is 5. The maximum atomic E-state index is 12.2. The van der Waals surface area contributed by atoms with E-state index in [2.05, 4.69) is 11.9 Å². The summed E-state index contributed by atoms with van der Waals surface area (Å²) < 4.78 is -0.316. The minimum absolute atomic E-state index is 0.00494. The standard InChI is InChI=1S/C14H20N2O3S2/c1-5-6-20-7-9(18)15-10-12(19)16-11(8(2)17)14(3,4)21-13(10)16/h5,10-11,13H,1,6-7H2,2-4H3,(H,15,18). The van der Waals surface area contributed by atoms with Crippen LogP contribution in [0, 0.1) is 0 Å². The minimum atomic E-state index is -0.504. The zero-order valence-electron chi connectivity index (χ0n) is 12.4. The molecule has 2 heterocycles. The number of amides is 2.